The normalized spacial score (nSPS) is 19.6. The minimum atomic E-state index is -0.921. The fourth-order valence-corrected chi connectivity index (χ4v) is 4.01. The summed E-state index contributed by atoms with van der Waals surface area (Å²) in [5.74, 6) is -1.78. The molecule has 0 saturated heterocycles. The molecule has 0 unspecified atom stereocenters. The number of hydrogen-bond donors (Lipinski definition) is 0. The molecule has 1 nitrogen and oxygen atoms in total. The van der Waals surface area contributed by atoms with Gasteiger partial charge in [0.05, 0.1) is 13.3 Å². The Labute approximate surface area is 163 Å². The van der Waals surface area contributed by atoms with Crippen LogP contribution >= 0.6 is 0 Å². The molecule has 2 aromatic carbocycles. The molecule has 0 N–H and O–H groups in total. The van der Waals surface area contributed by atoms with Crippen LogP contribution < -0.4 is 4.74 Å². The molecule has 1 saturated carbocycles. The standard InChI is InChI=1S/C23H26F4O/c1-2-15-4-6-16(7-5-15)17-8-9-19(20(25)12-17)18-13-21(26)23(22(27)14-18)28-11-3-10-24/h8-9,12-16H,2-7,10-11H2,1H3. The smallest absolute Gasteiger partial charge is 0.190 e. The fraction of sp³-hybridized carbons (Fsp3) is 0.478. The van der Waals surface area contributed by atoms with E-state index in [1.54, 1.807) is 6.07 Å². The maximum atomic E-state index is 14.7. The van der Waals surface area contributed by atoms with Gasteiger partial charge in [0.15, 0.2) is 17.4 Å². The van der Waals surface area contributed by atoms with E-state index in [1.165, 1.54) is 12.5 Å². The number of benzene rings is 2. The van der Waals surface area contributed by atoms with Crippen LogP contribution in [0.15, 0.2) is 30.3 Å². The summed E-state index contributed by atoms with van der Waals surface area (Å²) in [7, 11) is 0. The monoisotopic (exact) mass is 394 g/mol. The quantitative estimate of drug-likeness (QED) is 0.357. The lowest BCUT2D eigenvalue weighted by Crippen LogP contribution is -2.12. The molecule has 0 amide bonds. The molecule has 0 radical (unpaired) electrons. The van der Waals surface area contributed by atoms with Gasteiger partial charge in [0, 0.05) is 12.0 Å². The minimum Gasteiger partial charge on any atom is -0.488 e. The summed E-state index contributed by atoms with van der Waals surface area (Å²) in [5, 5.41) is 0. The summed E-state index contributed by atoms with van der Waals surface area (Å²) < 4.78 is 60.2. The van der Waals surface area contributed by atoms with Gasteiger partial charge in [0.2, 0.25) is 0 Å². The second-order valence-electron chi connectivity index (χ2n) is 7.53. The van der Waals surface area contributed by atoms with Crippen molar-refractivity contribution in [1.29, 1.82) is 0 Å². The van der Waals surface area contributed by atoms with E-state index < -0.39 is 29.9 Å². The van der Waals surface area contributed by atoms with E-state index in [0.29, 0.717) is 5.92 Å². The number of rotatable bonds is 7. The Morgan fingerprint density at radius 2 is 1.61 bits per heavy atom. The summed E-state index contributed by atoms with van der Waals surface area (Å²) in [4.78, 5) is 0. The zero-order chi connectivity index (χ0) is 20.1. The first-order valence-corrected chi connectivity index (χ1v) is 10.0. The summed E-state index contributed by atoms with van der Waals surface area (Å²) in [6.07, 6.45) is 5.65. The molecule has 0 aromatic heterocycles. The third kappa shape index (κ3) is 4.68. The average molecular weight is 394 g/mol. The van der Waals surface area contributed by atoms with Crippen LogP contribution in [0.1, 0.15) is 56.9 Å². The Bertz CT molecular complexity index is 774. The van der Waals surface area contributed by atoms with Crippen LogP contribution in [0.2, 0.25) is 0 Å². The lowest BCUT2D eigenvalue weighted by molar-refractivity contribution is 0.265. The van der Waals surface area contributed by atoms with Gasteiger partial charge in [-0.25, -0.2) is 13.2 Å². The van der Waals surface area contributed by atoms with Crippen LogP contribution in [0.5, 0.6) is 5.75 Å². The summed E-state index contributed by atoms with van der Waals surface area (Å²) >= 11 is 0. The lowest BCUT2D eigenvalue weighted by Gasteiger charge is -2.28. The van der Waals surface area contributed by atoms with E-state index in [-0.39, 0.29) is 24.2 Å². The molecule has 0 atom stereocenters. The number of ether oxygens (including phenoxy) is 1. The number of hydrogen-bond acceptors (Lipinski definition) is 1. The Balaban J connectivity index is 1.79. The first-order chi connectivity index (χ1) is 13.5. The molecule has 5 heteroatoms. The van der Waals surface area contributed by atoms with E-state index in [9.17, 15) is 17.6 Å². The molecular formula is C23H26F4O. The SMILES string of the molecule is CCC1CCC(c2ccc(-c3cc(F)c(OCCCF)c(F)c3)c(F)c2)CC1. The van der Waals surface area contributed by atoms with Crippen molar-refractivity contribution in [3.8, 4) is 16.9 Å². The average Bonchev–Trinajstić information content (AvgIpc) is 2.70. The Morgan fingerprint density at radius 3 is 2.18 bits per heavy atom. The Morgan fingerprint density at radius 1 is 0.929 bits per heavy atom. The molecule has 0 spiro atoms. The third-order valence-electron chi connectivity index (χ3n) is 5.72. The van der Waals surface area contributed by atoms with E-state index in [4.69, 9.17) is 4.74 Å². The molecule has 1 aliphatic carbocycles. The molecule has 152 valence electrons. The lowest BCUT2D eigenvalue weighted by atomic mass is 9.77. The Hall–Kier alpha value is -2.04. The predicted octanol–water partition coefficient (Wildman–Crippen LogP) is 7.19. The van der Waals surface area contributed by atoms with Gasteiger partial charge < -0.3 is 4.74 Å². The van der Waals surface area contributed by atoms with Crippen molar-refractivity contribution in [3.05, 3.63) is 53.3 Å². The van der Waals surface area contributed by atoms with Crippen molar-refractivity contribution in [2.24, 2.45) is 5.92 Å². The fourth-order valence-electron chi connectivity index (χ4n) is 4.01. The maximum absolute atomic E-state index is 14.7. The largest absolute Gasteiger partial charge is 0.488 e. The molecule has 0 bridgehead atoms. The van der Waals surface area contributed by atoms with Gasteiger partial charge in [-0.3, -0.25) is 4.39 Å². The van der Waals surface area contributed by atoms with Crippen LogP contribution in [0, 0.1) is 23.4 Å². The molecular weight excluding hydrogens is 368 g/mol. The Kier molecular flexibility index (Phi) is 6.97. The summed E-state index contributed by atoms with van der Waals surface area (Å²) in [6, 6.07) is 7.05. The number of halogens is 4. The van der Waals surface area contributed by atoms with Crippen LogP contribution in [0.3, 0.4) is 0 Å². The maximum Gasteiger partial charge on any atom is 0.190 e. The van der Waals surface area contributed by atoms with Gasteiger partial charge in [-0.15, -0.1) is 0 Å². The second-order valence-corrected chi connectivity index (χ2v) is 7.53. The first-order valence-electron chi connectivity index (χ1n) is 10.0. The van der Waals surface area contributed by atoms with E-state index in [0.717, 1.165) is 49.3 Å². The number of alkyl halides is 1. The predicted molar refractivity (Wildman–Crippen MR) is 103 cm³/mol. The zero-order valence-electron chi connectivity index (χ0n) is 16.1. The molecule has 1 aliphatic rings. The van der Waals surface area contributed by atoms with Gasteiger partial charge in [-0.05, 0) is 66.8 Å². The van der Waals surface area contributed by atoms with Crippen molar-refractivity contribution in [3.63, 3.8) is 0 Å². The van der Waals surface area contributed by atoms with Crippen LogP contribution in [0.4, 0.5) is 17.6 Å². The van der Waals surface area contributed by atoms with Gasteiger partial charge in [-0.1, -0.05) is 25.5 Å². The minimum absolute atomic E-state index is 0.0525. The van der Waals surface area contributed by atoms with Gasteiger partial charge in [0.1, 0.15) is 5.82 Å². The van der Waals surface area contributed by atoms with Crippen LogP contribution in [0.25, 0.3) is 11.1 Å². The van der Waals surface area contributed by atoms with E-state index in [2.05, 4.69) is 6.92 Å². The van der Waals surface area contributed by atoms with Crippen molar-refractivity contribution in [1.82, 2.24) is 0 Å². The van der Waals surface area contributed by atoms with E-state index in [1.807, 2.05) is 6.07 Å². The van der Waals surface area contributed by atoms with Gasteiger partial charge in [0.25, 0.3) is 0 Å². The van der Waals surface area contributed by atoms with Crippen molar-refractivity contribution in [2.75, 3.05) is 13.3 Å². The topological polar surface area (TPSA) is 9.23 Å². The highest BCUT2D eigenvalue weighted by molar-refractivity contribution is 5.66. The first kappa shape index (κ1) is 20.7. The van der Waals surface area contributed by atoms with Crippen molar-refractivity contribution < 1.29 is 22.3 Å². The van der Waals surface area contributed by atoms with Crippen molar-refractivity contribution in [2.45, 2.75) is 51.4 Å². The summed E-state index contributed by atoms with van der Waals surface area (Å²) in [5.41, 5.74) is 1.22. The zero-order valence-corrected chi connectivity index (χ0v) is 16.1. The highest BCUT2D eigenvalue weighted by Gasteiger charge is 2.22. The molecule has 3 rings (SSSR count). The van der Waals surface area contributed by atoms with E-state index >= 15 is 0 Å². The molecule has 2 aromatic rings. The van der Waals surface area contributed by atoms with Crippen molar-refractivity contribution >= 4 is 0 Å². The molecule has 0 heterocycles. The van der Waals surface area contributed by atoms with Gasteiger partial charge in [-0.2, -0.15) is 0 Å². The highest BCUT2D eigenvalue weighted by atomic mass is 19.1. The second kappa shape index (κ2) is 9.44. The molecule has 1 fully saturated rings. The molecule has 0 aliphatic heterocycles. The molecule has 28 heavy (non-hydrogen) atoms. The van der Waals surface area contributed by atoms with Crippen LogP contribution in [-0.2, 0) is 0 Å². The highest BCUT2D eigenvalue weighted by Crippen LogP contribution is 2.38. The van der Waals surface area contributed by atoms with Gasteiger partial charge >= 0.3 is 0 Å². The summed E-state index contributed by atoms with van der Waals surface area (Å²) in [6.45, 7) is 1.46. The van der Waals surface area contributed by atoms with Crippen LogP contribution in [-0.4, -0.2) is 13.3 Å². The third-order valence-corrected chi connectivity index (χ3v) is 5.72.